The number of halogens is 1. The first kappa shape index (κ1) is 12.5. The van der Waals surface area contributed by atoms with Crippen LogP contribution >= 0.6 is 34.3 Å². The summed E-state index contributed by atoms with van der Waals surface area (Å²) in [6.07, 6.45) is 0. The molecule has 3 rings (SSSR count). The van der Waals surface area contributed by atoms with Gasteiger partial charge in [0, 0.05) is 21.9 Å². The van der Waals surface area contributed by atoms with Crippen molar-refractivity contribution in [1.29, 1.82) is 0 Å². The molecule has 3 aromatic rings. The van der Waals surface area contributed by atoms with Gasteiger partial charge in [0.25, 0.3) is 0 Å². The highest BCUT2D eigenvalue weighted by molar-refractivity contribution is 7.15. The summed E-state index contributed by atoms with van der Waals surface area (Å²) in [5.41, 5.74) is 2.41. The van der Waals surface area contributed by atoms with Crippen LogP contribution < -0.4 is 0 Å². The molecule has 0 aliphatic rings. The maximum absolute atomic E-state index is 12.2. The van der Waals surface area contributed by atoms with Crippen molar-refractivity contribution in [3.63, 3.8) is 0 Å². The van der Waals surface area contributed by atoms with Gasteiger partial charge in [-0.3, -0.25) is 4.79 Å². The normalized spacial score (nSPS) is 10.6. The van der Waals surface area contributed by atoms with Gasteiger partial charge in [-0.05, 0) is 6.07 Å². The van der Waals surface area contributed by atoms with E-state index in [0.717, 1.165) is 15.6 Å². The first-order valence-electron chi connectivity index (χ1n) is 5.54. The first-order chi connectivity index (χ1) is 9.24. The summed E-state index contributed by atoms with van der Waals surface area (Å²) >= 11 is 8.72. The summed E-state index contributed by atoms with van der Waals surface area (Å²) in [5.74, 6) is -0.0434. The number of hydrogen-bond acceptors (Lipinski definition) is 4. The van der Waals surface area contributed by atoms with E-state index in [1.54, 1.807) is 12.1 Å². The average Bonchev–Trinajstić information content (AvgIpc) is 3.07. The van der Waals surface area contributed by atoms with Crippen molar-refractivity contribution in [2.24, 2.45) is 0 Å². The van der Waals surface area contributed by atoms with Gasteiger partial charge in [-0.2, -0.15) is 0 Å². The fourth-order valence-electron chi connectivity index (χ4n) is 1.67. The predicted octanol–water partition coefficient (Wildman–Crippen LogP) is 4.76. The van der Waals surface area contributed by atoms with Crippen LogP contribution in [-0.4, -0.2) is 10.8 Å². The molecule has 0 amide bonds. The Morgan fingerprint density at radius 3 is 2.58 bits per heavy atom. The van der Waals surface area contributed by atoms with E-state index in [1.165, 1.54) is 22.7 Å². The molecule has 2 aromatic heterocycles. The number of thiazole rings is 1. The number of ketones is 1. The van der Waals surface area contributed by atoms with Crippen LogP contribution in [0.3, 0.4) is 0 Å². The summed E-state index contributed by atoms with van der Waals surface area (Å²) in [6.45, 7) is 0. The van der Waals surface area contributed by atoms with Gasteiger partial charge >= 0.3 is 0 Å². The molecule has 0 saturated heterocycles. The third-order valence-corrected chi connectivity index (χ3v) is 4.53. The lowest BCUT2D eigenvalue weighted by Gasteiger charge is -1.95. The van der Waals surface area contributed by atoms with Crippen molar-refractivity contribution in [2.45, 2.75) is 0 Å². The minimum atomic E-state index is -0.0434. The molecule has 0 aliphatic carbocycles. The topological polar surface area (TPSA) is 30.0 Å². The Morgan fingerprint density at radius 2 is 1.89 bits per heavy atom. The molecule has 94 valence electrons. The summed E-state index contributed by atoms with van der Waals surface area (Å²) < 4.78 is 0.721. The minimum absolute atomic E-state index is 0.0434. The molecule has 0 fully saturated rings. The van der Waals surface area contributed by atoms with E-state index in [0.29, 0.717) is 10.6 Å². The third-order valence-electron chi connectivity index (χ3n) is 2.60. The van der Waals surface area contributed by atoms with Crippen LogP contribution in [0, 0.1) is 0 Å². The highest BCUT2D eigenvalue weighted by atomic mass is 35.5. The van der Waals surface area contributed by atoms with Crippen molar-refractivity contribution in [3.05, 3.63) is 62.1 Å². The van der Waals surface area contributed by atoms with Gasteiger partial charge in [0.05, 0.1) is 10.0 Å². The molecule has 0 aliphatic heterocycles. The van der Waals surface area contributed by atoms with E-state index in [9.17, 15) is 4.79 Å². The Morgan fingerprint density at radius 1 is 1.11 bits per heavy atom. The number of carbonyl (C=O) groups is 1. The van der Waals surface area contributed by atoms with E-state index in [1.807, 2.05) is 35.0 Å². The largest absolute Gasteiger partial charge is 0.286 e. The number of carbonyl (C=O) groups excluding carboxylic acids is 1. The fraction of sp³-hybridized carbons (Fsp3) is 0. The van der Waals surface area contributed by atoms with E-state index in [2.05, 4.69) is 4.98 Å². The number of rotatable bonds is 3. The van der Waals surface area contributed by atoms with Gasteiger partial charge in [0.2, 0.25) is 5.78 Å². The molecule has 0 bridgehead atoms. The first-order valence-corrected chi connectivity index (χ1v) is 7.67. The van der Waals surface area contributed by atoms with Crippen molar-refractivity contribution < 1.29 is 4.79 Å². The quantitative estimate of drug-likeness (QED) is 0.653. The summed E-state index contributed by atoms with van der Waals surface area (Å²) in [7, 11) is 0. The molecule has 0 atom stereocenters. The minimum Gasteiger partial charge on any atom is -0.286 e. The van der Waals surface area contributed by atoms with E-state index < -0.39 is 0 Å². The van der Waals surface area contributed by atoms with Crippen LogP contribution in [0.2, 0.25) is 4.34 Å². The molecule has 5 heteroatoms. The number of aromatic nitrogens is 1. The SMILES string of the molecule is O=C(c1ccccc1)c1nc(-c2csc(Cl)c2)cs1. The van der Waals surface area contributed by atoms with E-state index >= 15 is 0 Å². The maximum Gasteiger partial charge on any atom is 0.221 e. The lowest BCUT2D eigenvalue weighted by molar-refractivity contribution is 0.103. The van der Waals surface area contributed by atoms with Gasteiger partial charge in [-0.15, -0.1) is 22.7 Å². The molecule has 19 heavy (non-hydrogen) atoms. The van der Waals surface area contributed by atoms with E-state index in [4.69, 9.17) is 11.6 Å². The van der Waals surface area contributed by atoms with Gasteiger partial charge in [-0.1, -0.05) is 41.9 Å². The highest BCUT2D eigenvalue weighted by Gasteiger charge is 2.14. The molecular weight excluding hydrogens is 298 g/mol. The number of hydrogen-bond donors (Lipinski definition) is 0. The molecule has 2 heterocycles. The molecule has 1 aromatic carbocycles. The number of nitrogens with zero attached hydrogens (tertiary/aromatic N) is 1. The molecule has 0 N–H and O–H groups in total. The third kappa shape index (κ3) is 2.61. The molecule has 0 radical (unpaired) electrons. The van der Waals surface area contributed by atoms with Crippen LogP contribution in [0.4, 0.5) is 0 Å². The summed E-state index contributed by atoms with van der Waals surface area (Å²) in [6, 6.07) is 11.0. The Hall–Kier alpha value is -1.49. The second kappa shape index (κ2) is 5.25. The zero-order chi connectivity index (χ0) is 13.2. The highest BCUT2D eigenvalue weighted by Crippen LogP contribution is 2.30. The summed E-state index contributed by atoms with van der Waals surface area (Å²) in [4.78, 5) is 16.6. The van der Waals surface area contributed by atoms with E-state index in [-0.39, 0.29) is 5.78 Å². The zero-order valence-electron chi connectivity index (χ0n) is 9.67. The fourth-order valence-corrected chi connectivity index (χ4v) is 3.33. The van der Waals surface area contributed by atoms with Gasteiger partial charge < -0.3 is 0 Å². The molecule has 2 nitrogen and oxygen atoms in total. The van der Waals surface area contributed by atoms with Crippen molar-refractivity contribution in [3.8, 4) is 11.3 Å². The average molecular weight is 306 g/mol. The maximum atomic E-state index is 12.2. The summed E-state index contributed by atoms with van der Waals surface area (Å²) in [5, 5.41) is 4.33. The van der Waals surface area contributed by atoms with Crippen molar-refractivity contribution in [2.75, 3.05) is 0 Å². The Balaban J connectivity index is 1.92. The second-order valence-electron chi connectivity index (χ2n) is 3.87. The Bertz CT molecular complexity index is 718. The van der Waals surface area contributed by atoms with Gasteiger partial charge in [0.15, 0.2) is 5.01 Å². The Kier molecular flexibility index (Phi) is 3.46. The van der Waals surface area contributed by atoms with Crippen molar-refractivity contribution in [1.82, 2.24) is 4.98 Å². The molecule has 0 unspecified atom stereocenters. The lowest BCUT2D eigenvalue weighted by atomic mass is 10.1. The van der Waals surface area contributed by atoms with Crippen LogP contribution in [0.15, 0.2) is 47.2 Å². The van der Waals surface area contributed by atoms with Crippen molar-refractivity contribution >= 4 is 40.1 Å². The smallest absolute Gasteiger partial charge is 0.221 e. The molecule has 0 saturated carbocycles. The monoisotopic (exact) mass is 305 g/mol. The van der Waals surface area contributed by atoms with Crippen LogP contribution in [-0.2, 0) is 0 Å². The lowest BCUT2D eigenvalue weighted by Crippen LogP contribution is -1.99. The number of benzene rings is 1. The van der Waals surface area contributed by atoms with Crippen LogP contribution in [0.25, 0.3) is 11.3 Å². The van der Waals surface area contributed by atoms with Gasteiger partial charge in [0.1, 0.15) is 0 Å². The van der Waals surface area contributed by atoms with Gasteiger partial charge in [-0.25, -0.2) is 4.98 Å². The zero-order valence-corrected chi connectivity index (χ0v) is 12.1. The van der Waals surface area contributed by atoms with Crippen LogP contribution in [0.1, 0.15) is 15.4 Å². The number of thiophene rings is 1. The molecule has 0 spiro atoms. The Labute approximate surface area is 123 Å². The second-order valence-corrected chi connectivity index (χ2v) is 6.27. The standard InChI is InChI=1S/C14H8ClNOS2/c15-12-6-10(7-18-12)11-8-19-14(16-11)13(17)9-4-2-1-3-5-9/h1-8H. The van der Waals surface area contributed by atoms with Crippen LogP contribution in [0.5, 0.6) is 0 Å². The predicted molar refractivity (Wildman–Crippen MR) is 80.3 cm³/mol. The molecular formula is C14H8ClNOS2.